The first kappa shape index (κ1) is 14.1. The Morgan fingerprint density at radius 2 is 2.11 bits per heavy atom. The van der Waals surface area contributed by atoms with E-state index in [1.807, 2.05) is 0 Å². The number of thiazole rings is 1. The molecule has 0 spiro atoms. The van der Waals surface area contributed by atoms with Crippen LogP contribution in [0.1, 0.15) is 27.5 Å². The van der Waals surface area contributed by atoms with Gasteiger partial charge in [0.25, 0.3) is 5.91 Å². The summed E-state index contributed by atoms with van der Waals surface area (Å²) in [6.07, 6.45) is 0.874. The second kappa shape index (κ2) is 6.10. The Hall–Kier alpha value is -1.96. The molecule has 1 aromatic heterocycles. The summed E-state index contributed by atoms with van der Waals surface area (Å²) in [4.78, 5) is 37.1. The quantitative estimate of drug-likeness (QED) is 0.694. The zero-order valence-electron chi connectivity index (χ0n) is 9.54. The number of hydrogen-bond acceptors (Lipinski definition) is 5. The van der Waals surface area contributed by atoms with E-state index >= 15 is 0 Å². The number of hydrogen-bond donors (Lipinski definition) is 3. The second-order valence-electron chi connectivity index (χ2n) is 3.54. The molecule has 1 aromatic rings. The van der Waals surface area contributed by atoms with Crippen LogP contribution in [0.15, 0.2) is 6.20 Å². The summed E-state index contributed by atoms with van der Waals surface area (Å²) in [6.45, 7) is 1.72. The number of carboxylic acid groups (broad SMARTS) is 2. The molecule has 0 aromatic carbocycles. The molecule has 0 aliphatic heterocycles. The SMILES string of the molecule is Cc1ncc(C(=O)NC(CCC(=O)O)C(=O)O)s1. The molecule has 1 heterocycles. The van der Waals surface area contributed by atoms with E-state index in [1.54, 1.807) is 6.92 Å². The lowest BCUT2D eigenvalue weighted by atomic mass is 10.1. The fourth-order valence-corrected chi connectivity index (χ4v) is 1.90. The number of nitrogens with zero attached hydrogens (tertiary/aromatic N) is 1. The lowest BCUT2D eigenvalue weighted by Gasteiger charge is -2.12. The van der Waals surface area contributed by atoms with Gasteiger partial charge in [0.15, 0.2) is 0 Å². The summed E-state index contributed by atoms with van der Waals surface area (Å²) in [5, 5.41) is 20.3. The van der Waals surface area contributed by atoms with Crippen LogP contribution < -0.4 is 5.32 Å². The number of rotatable bonds is 6. The van der Waals surface area contributed by atoms with Gasteiger partial charge in [-0.15, -0.1) is 11.3 Å². The highest BCUT2D eigenvalue weighted by molar-refractivity contribution is 7.13. The van der Waals surface area contributed by atoms with Gasteiger partial charge < -0.3 is 15.5 Å². The molecule has 8 heteroatoms. The molecule has 0 aliphatic rings. The van der Waals surface area contributed by atoms with Crippen molar-refractivity contribution in [1.29, 1.82) is 0 Å². The van der Waals surface area contributed by atoms with Gasteiger partial charge in [0.1, 0.15) is 10.9 Å². The van der Waals surface area contributed by atoms with E-state index in [1.165, 1.54) is 6.20 Å². The maximum Gasteiger partial charge on any atom is 0.326 e. The largest absolute Gasteiger partial charge is 0.481 e. The molecule has 0 saturated carbocycles. The van der Waals surface area contributed by atoms with E-state index in [2.05, 4.69) is 10.3 Å². The molecule has 0 bridgehead atoms. The molecule has 0 aliphatic carbocycles. The minimum Gasteiger partial charge on any atom is -0.481 e. The summed E-state index contributed by atoms with van der Waals surface area (Å²) in [6, 6.07) is -1.21. The first-order chi connectivity index (χ1) is 8.40. The lowest BCUT2D eigenvalue weighted by Crippen LogP contribution is -2.40. The molecule has 1 rings (SSSR count). The van der Waals surface area contributed by atoms with Crippen LogP contribution in [-0.2, 0) is 9.59 Å². The molecule has 98 valence electrons. The fourth-order valence-electron chi connectivity index (χ4n) is 1.22. The first-order valence-corrected chi connectivity index (χ1v) is 5.89. The van der Waals surface area contributed by atoms with Gasteiger partial charge in [-0.3, -0.25) is 9.59 Å². The number of amides is 1. The van der Waals surface area contributed by atoms with Crippen molar-refractivity contribution >= 4 is 29.2 Å². The van der Waals surface area contributed by atoms with Gasteiger partial charge >= 0.3 is 11.9 Å². The molecule has 3 N–H and O–H groups in total. The van der Waals surface area contributed by atoms with Crippen LogP contribution in [0.25, 0.3) is 0 Å². The number of nitrogens with one attached hydrogen (secondary N) is 1. The van der Waals surface area contributed by atoms with Crippen LogP contribution in [0.3, 0.4) is 0 Å². The minimum atomic E-state index is -1.26. The summed E-state index contributed by atoms with van der Waals surface area (Å²) >= 11 is 1.14. The Labute approximate surface area is 106 Å². The van der Waals surface area contributed by atoms with Gasteiger partial charge in [-0.2, -0.15) is 0 Å². The van der Waals surface area contributed by atoms with Crippen molar-refractivity contribution in [2.45, 2.75) is 25.8 Å². The van der Waals surface area contributed by atoms with E-state index in [0.717, 1.165) is 11.3 Å². The molecule has 0 saturated heterocycles. The normalized spacial score (nSPS) is 11.8. The van der Waals surface area contributed by atoms with Gasteiger partial charge in [0.05, 0.1) is 11.2 Å². The number of carbonyl (C=O) groups is 3. The highest BCUT2D eigenvalue weighted by atomic mass is 32.1. The van der Waals surface area contributed by atoms with E-state index in [9.17, 15) is 14.4 Å². The summed E-state index contributed by atoms with van der Waals surface area (Å²) in [5.41, 5.74) is 0. The van der Waals surface area contributed by atoms with Gasteiger partial charge in [0, 0.05) is 6.42 Å². The Morgan fingerprint density at radius 1 is 1.44 bits per heavy atom. The summed E-state index contributed by atoms with van der Waals surface area (Å²) < 4.78 is 0. The molecule has 18 heavy (non-hydrogen) atoms. The molecule has 1 unspecified atom stereocenters. The standard InChI is InChI=1S/C10H12N2O5S/c1-5-11-4-7(18-5)9(15)12-6(10(16)17)2-3-8(13)14/h4,6H,2-3H2,1H3,(H,12,15)(H,13,14)(H,16,17). The van der Waals surface area contributed by atoms with Crippen LogP contribution in [0.4, 0.5) is 0 Å². The number of aliphatic carboxylic acids is 2. The maximum atomic E-state index is 11.7. The molecule has 1 atom stereocenters. The Balaban J connectivity index is 2.63. The van der Waals surface area contributed by atoms with Crippen LogP contribution in [0.5, 0.6) is 0 Å². The molecule has 0 fully saturated rings. The van der Waals surface area contributed by atoms with Gasteiger partial charge in [-0.25, -0.2) is 9.78 Å². The summed E-state index contributed by atoms with van der Waals surface area (Å²) in [7, 11) is 0. The topological polar surface area (TPSA) is 117 Å². The number of aryl methyl sites for hydroxylation is 1. The van der Waals surface area contributed by atoms with E-state index in [0.29, 0.717) is 9.88 Å². The number of carboxylic acids is 2. The van der Waals surface area contributed by atoms with Crippen LogP contribution >= 0.6 is 11.3 Å². The third kappa shape index (κ3) is 4.13. The van der Waals surface area contributed by atoms with Crippen LogP contribution in [0, 0.1) is 6.92 Å². The Morgan fingerprint density at radius 3 is 2.56 bits per heavy atom. The minimum absolute atomic E-state index is 0.159. The number of aromatic nitrogens is 1. The van der Waals surface area contributed by atoms with Crippen molar-refractivity contribution in [3.8, 4) is 0 Å². The Kier molecular flexibility index (Phi) is 4.78. The average molecular weight is 272 g/mol. The highest BCUT2D eigenvalue weighted by Gasteiger charge is 2.22. The van der Waals surface area contributed by atoms with Gasteiger partial charge in [-0.1, -0.05) is 0 Å². The first-order valence-electron chi connectivity index (χ1n) is 5.08. The van der Waals surface area contributed by atoms with E-state index in [-0.39, 0.29) is 12.8 Å². The third-order valence-electron chi connectivity index (χ3n) is 2.10. The fraction of sp³-hybridized carbons (Fsp3) is 0.400. The molecule has 1 amide bonds. The smallest absolute Gasteiger partial charge is 0.326 e. The van der Waals surface area contributed by atoms with Crippen molar-refractivity contribution in [3.63, 3.8) is 0 Å². The summed E-state index contributed by atoms with van der Waals surface area (Å²) in [5.74, 6) is -2.92. The highest BCUT2D eigenvalue weighted by Crippen LogP contribution is 2.11. The second-order valence-corrected chi connectivity index (χ2v) is 4.78. The predicted octanol–water partition coefficient (Wildman–Crippen LogP) is 0.499. The average Bonchev–Trinajstić information content (AvgIpc) is 2.70. The third-order valence-corrected chi connectivity index (χ3v) is 3.01. The monoisotopic (exact) mass is 272 g/mol. The van der Waals surface area contributed by atoms with Gasteiger partial charge in [0.2, 0.25) is 0 Å². The van der Waals surface area contributed by atoms with Crippen molar-refractivity contribution in [2.24, 2.45) is 0 Å². The van der Waals surface area contributed by atoms with Crippen molar-refractivity contribution in [1.82, 2.24) is 10.3 Å². The lowest BCUT2D eigenvalue weighted by molar-refractivity contribution is -0.140. The maximum absolute atomic E-state index is 11.7. The molecule has 7 nitrogen and oxygen atoms in total. The number of carbonyl (C=O) groups excluding carboxylic acids is 1. The zero-order chi connectivity index (χ0) is 13.7. The van der Waals surface area contributed by atoms with Crippen molar-refractivity contribution < 1.29 is 24.6 Å². The van der Waals surface area contributed by atoms with Crippen LogP contribution in [0.2, 0.25) is 0 Å². The van der Waals surface area contributed by atoms with Crippen LogP contribution in [-0.4, -0.2) is 39.1 Å². The van der Waals surface area contributed by atoms with E-state index < -0.39 is 23.9 Å². The Bertz CT molecular complexity index is 471. The van der Waals surface area contributed by atoms with Crippen molar-refractivity contribution in [2.75, 3.05) is 0 Å². The van der Waals surface area contributed by atoms with Gasteiger partial charge in [-0.05, 0) is 13.3 Å². The predicted molar refractivity (Wildman–Crippen MR) is 62.6 cm³/mol. The zero-order valence-corrected chi connectivity index (χ0v) is 10.4. The van der Waals surface area contributed by atoms with E-state index in [4.69, 9.17) is 10.2 Å². The molecular formula is C10H12N2O5S. The molecule has 0 radical (unpaired) electrons. The van der Waals surface area contributed by atoms with Crippen molar-refractivity contribution in [3.05, 3.63) is 16.1 Å². The molecular weight excluding hydrogens is 260 g/mol.